The number of nitrogens with zero attached hydrogens (tertiary/aromatic N) is 1. The molecule has 2 aliphatic rings. The summed E-state index contributed by atoms with van der Waals surface area (Å²) in [7, 11) is 0. The molecule has 2 fully saturated rings. The molecule has 0 spiro atoms. The zero-order valence-corrected chi connectivity index (χ0v) is 11.2. The van der Waals surface area contributed by atoms with E-state index in [1.165, 1.54) is 5.56 Å². The molecule has 3 nitrogen and oxygen atoms in total. The average Bonchev–Trinajstić information content (AvgIpc) is 2.78. The zero-order chi connectivity index (χ0) is 12.6. The third-order valence-corrected chi connectivity index (χ3v) is 4.19. The first-order valence-corrected chi connectivity index (χ1v) is 6.79. The molecule has 0 saturated carbocycles. The molecule has 18 heavy (non-hydrogen) atoms. The Balaban J connectivity index is 1.71. The standard InChI is InChI=1S/C15H22N2O/c1-15(2)11-17(8-12-6-4-3-5-7-12)9-13-10-18-16-14(13)15/h3-7,13-14,16H,8-11H2,1-2H3. The van der Waals surface area contributed by atoms with Crippen molar-refractivity contribution >= 4 is 0 Å². The number of fused-ring (bicyclic) bond motifs is 1. The molecule has 2 saturated heterocycles. The van der Waals surface area contributed by atoms with Crippen molar-refractivity contribution in [3.8, 4) is 0 Å². The Kier molecular flexibility index (Phi) is 3.14. The first-order valence-electron chi connectivity index (χ1n) is 6.79. The fourth-order valence-electron chi connectivity index (χ4n) is 3.43. The van der Waals surface area contributed by atoms with Crippen molar-refractivity contribution in [2.24, 2.45) is 11.3 Å². The molecule has 0 bridgehead atoms. The van der Waals surface area contributed by atoms with Crippen LogP contribution in [0.5, 0.6) is 0 Å². The number of benzene rings is 1. The van der Waals surface area contributed by atoms with Gasteiger partial charge in [0.05, 0.1) is 6.61 Å². The van der Waals surface area contributed by atoms with Crippen LogP contribution in [0.15, 0.2) is 30.3 Å². The van der Waals surface area contributed by atoms with Gasteiger partial charge in [0.1, 0.15) is 0 Å². The molecule has 2 heterocycles. The van der Waals surface area contributed by atoms with Crippen LogP contribution in [0.4, 0.5) is 0 Å². The van der Waals surface area contributed by atoms with Gasteiger partial charge in [-0.3, -0.25) is 4.90 Å². The average molecular weight is 246 g/mol. The molecule has 3 heteroatoms. The van der Waals surface area contributed by atoms with E-state index in [0.717, 1.165) is 26.2 Å². The first kappa shape index (κ1) is 12.2. The zero-order valence-electron chi connectivity index (χ0n) is 11.2. The fraction of sp³-hybridized carbons (Fsp3) is 0.600. The number of hydroxylamine groups is 1. The lowest BCUT2D eigenvalue weighted by Gasteiger charge is -2.45. The maximum atomic E-state index is 5.45. The molecular weight excluding hydrogens is 224 g/mol. The number of rotatable bonds is 2. The summed E-state index contributed by atoms with van der Waals surface area (Å²) in [5, 5.41) is 0. The third kappa shape index (κ3) is 2.30. The Bertz CT molecular complexity index is 404. The van der Waals surface area contributed by atoms with Gasteiger partial charge in [-0.2, -0.15) is 5.48 Å². The van der Waals surface area contributed by atoms with Gasteiger partial charge in [0.25, 0.3) is 0 Å². The Labute approximate surface area is 109 Å². The van der Waals surface area contributed by atoms with Gasteiger partial charge in [-0.05, 0) is 11.0 Å². The van der Waals surface area contributed by atoms with Gasteiger partial charge < -0.3 is 4.84 Å². The predicted octanol–water partition coefficient (Wildman–Crippen LogP) is 2.05. The third-order valence-electron chi connectivity index (χ3n) is 4.19. The molecule has 1 N–H and O–H groups in total. The van der Waals surface area contributed by atoms with Crippen LogP contribution >= 0.6 is 0 Å². The smallest absolute Gasteiger partial charge is 0.0738 e. The quantitative estimate of drug-likeness (QED) is 0.864. The molecule has 0 radical (unpaired) electrons. The lowest BCUT2D eigenvalue weighted by molar-refractivity contribution is 0.0312. The van der Waals surface area contributed by atoms with Crippen LogP contribution in [0.3, 0.4) is 0 Å². The van der Waals surface area contributed by atoms with Crippen LogP contribution in [0.1, 0.15) is 19.4 Å². The van der Waals surface area contributed by atoms with Crippen LogP contribution in [0.2, 0.25) is 0 Å². The van der Waals surface area contributed by atoms with Crippen molar-refractivity contribution in [2.45, 2.75) is 26.4 Å². The van der Waals surface area contributed by atoms with Crippen LogP contribution in [0, 0.1) is 11.3 Å². The fourth-order valence-corrected chi connectivity index (χ4v) is 3.43. The number of hydrogen-bond acceptors (Lipinski definition) is 3. The van der Waals surface area contributed by atoms with Gasteiger partial charge in [-0.25, -0.2) is 0 Å². The normalized spacial score (nSPS) is 31.2. The second-order valence-corrected chi connectivity index (χ2v) is 6.31. The highest BCUT2D eigenvalue weighted by atomic mass is 16.7. The molecule has 0 aliphatic carbocycles. The van der Waals surface area contributed by atoms with Crippen molar-refractivity contribution in [3.63, 3.8) is 0 Å². The summed E-state index contributed by atoms with van der Waals surface area (Å²) in [4.78, 5) is 8.01. The summed E-state index contributed by atoms with van der Waals surface area (Å²) in [5.74, 6) is 0.623. The summed E-state index contributed by atoms with van der Waals surface area (Å²) in [6.07, 6.45) is 0. The van der Waals surface area contributed by atoms with Crippen LogP contribution in [-0.4, -0.2) is 30.6 Å². The Hall–Kier alpha value is -0.900. The summed E-state index contributed by atoms with van der Waals surface area (Å²) in [6, 6.07) is 11.2. The van der Waals surface area contributed by atoms with E-state index in [-0.39, 0.29) is 5.41 Å². The van der Waals surface area contributed by atoms with Crippen LogP contribution in [-0.2, 0) is 11.4 Å². The van der Waals surface area contributed by atoms with Crippen molar-refractivity contribution in [1.29, 1.82) is 0 Å². The first-order chi connectivity index (χ1) is 8.65. The summed E-state index contributed by atoms with van der Waals surface area (Å²) in [6.45, 7) is 8.83. The number of likely N-dealkylation sites (tertiary alicyclic amines) is 1. The van der Waals surface area contributed by atoms with Gasteiger partial charge in [-0.15, -0.1) is 0 Å². The van der Waals surface area contributed by atoms with E-state index in [1.54, 1.807) is 0 Å². The summed E-state index contributed by atoms with van der Waals surface area (Å²) >= 11 is 0. The minimum atomic E-state index is 0.272. The van der Waals surface area contributed by atoms with Crippen LogP contribution in [0.25, 0.3) is 0 Å². The van der Waals surface area contributed by atoms with Crippen molar-refractivity contribution < 1.29 is 4.84 Å². The maximum absolute atomic E-state index is 5.45. The molecule has 1 aromatic carbocycles. The second-order valence-electron chi connectivity index (χ2n) is 6.31. The number of hydrogen-bond donors (Lipinski definition) is 1. The maximum Gasteiger partial charge on any atom is 0.0738 e. The molecule has 3 rings (SSSR count). The van der Waals surface area contributed by atoms with Gasteiger partial charge in [0, 0.05) is 31.6 Å². The predicted molar refractivity (Wildman–Crippen MR) is 71.9 cm³/mol. The van der Waals surface area contributed by atoms with Crippen molar-refractivity contribution in [3.05, 3.63) is 35.9 Å². The van der Waals surface area contributed by atoms with Crippen molar-refractivity contribution in [2.75, 3.05) is 19.7 Å². The highest BCUT2D eigenvalue weighted by Crippen LogP contribution is 2.36. The van der Waals surface area contributed by atoms with Crippen molar-refractivity contribution in [1.82, 2.24) is 10.4 Å². The van der Waals surface area contributed by atoms with E-state index in [2.05, 4.69) is 54.6 Å². The van der Waals surface area contributed by atoms with Gasteiger partial charge in [-0.1, -0.05) is 44.2 Å². The lowest BCUT2D eigenvalue weighted by atomic mass is 9.74. The molecule has 2 aliphatic heterocycles. The molecule has 2 atom stereocenters. The monoisotopic (exact) mass is 246 g/mol. The molecule has 2 unspecified atom stereocenters. The molecule has 98 valence electrons. The Morgan fingerprint density at radius 2 is 2.11 bits per heavy atom. The Morgan fingerprint density at radius 3 is 2.89 bits per heavy atom. The molecule has 0 aromatic heterocycles. The van der Waals surface area contributed by atoms with Gasteiger partial charge in [0.2, 0.25) is 0 Å². The summed E-state index contributed by atoms with van der Waals surface area (Å²) in [5.41, 5.74) is 4.88. The largest absolute Gasteiger partial charge is 0.301 e. The minimum Gasteiger partial charge on any atom is -0.301 e. The van der Waals surface area contributed by atoms with E-state index in [0.29, 0.717) is 12.0 Å². The lowest BCUT2D eigenvalue weighted by Crippen LogP contribution is -2.55. The Morgan fingerprint density at radius 1 is 1.33 bits per heavy atom. The topological polar surface area (TPSA) is 24.5 Å². The number of piperidine rings is 1. The molecular formula is C15H22N2O. The summed E-state index contributed by atoms with van der Waals surface area (Å²) < 4.78 is 0. The minimum absolute atomic E-state index is 0.272. The highest BCUT2D eigenvalue weighted by Gasteiger charge is 2.45. The molecule has 0 amide bonds. The van der Waals surface area contributed by atoms with E-state index in [1.807, 2.05) is 0 Å². The highest BCUT2D eigenvalue weighted by molar-refractivity contribution is 5.15. The van der Waals surface area contributed by atoms with Gasteiger partial charge in [0.15, 0.2) is 0 Å². The second kappa shape index (κ2) is 4.65. The van der Waals surface area contributed by atoms with Gasteiger partial charge >= 0.3 is 0 Å². The van der Waals surface area contributed by atoms with E-state index in [4.69, 9.17) is 4.84 Å². The SMILES string of the molecule is CC1(C)CN(Cc2ccccc2)CC2CONC21. The van der Waals surface area contributed by atoms with Crippen LogP contribution < -0.4 is 5.48 Å². The number of nitrogens with one attached hydrogen (secondary N) is 1. The van der Waals surface area contributed by atoms with E-state index in [9.17, 15) is 0 Å². The van der Waals surface area contributed by atoms with E-state index >= 15 is 0 Å². The molecule has 1 aromatic rings. The van der Waals surface area contributed by atoms with E-state index < -0.39 is 0 Å².